The number of hydrogen-bond donors (Lipinski definition) is 1. The highest BCUT2D eigenvalue weighted by Gasteiger charge is 2.20. The van der Waals surface area contributed by atoms with Crippen molar-refractivity contribution in [1.82, 2.24) is 0 Å². The summed E-state index contributed by atoms with van der Waals surface area (Å²) < 4.78 is 34.0. The SMILES string of the molecule is COc1ccc(CC(=O)O[C@@H](C)C(=O)Nc2ccc3c(c2)OCO3)cc1F. The van der Waals surface area contributed by atoms with Gasteiger partial charge in [0.1, 0.15) is 0 Å². The summed E-state index contributed by atoms with van der Waals surface area (Å²) in [7, 11) is 1.35. The van der Waals surface area contributed by atoms with Crippen molar-refractivity contribution in [1.29, 1.82) is 0 Å². The van der Waals surface area contributed by atoms with Crippen LogP contribution in [0.5, 0.6) is 17.2 Å². The van der Waals surface area contributed by atoms with E-state index in [0.29, 0.717) is 22.7 Å². The van der Waals surface area contributed by atoms with E-state index in [2.05, 4.69) is 5.32 Å². The summed E-state index contributed by atoms with van der Waals surface area (Å²) in [6, 6.07) is 9.12. The highest BCUT2D eigenvalue weighted by molar-refractivity contribution is 5.95. The number of carbonyl (C=O) groups is 2. The fourth-order valence-electron chi connectivity index (χ4n) is 2.50. The summed E-state index contributed by atoms with van der Waals surface area (Å²) >= 11 is 0. The molecule has 1 N–H and O–H groups in total. The average molecular weight is 375 g/mol. The molecule has 0 bridgehead atoms. The summed E-state index contributed by atoms with van der Waals surface area (Å²) in [5.74, 6) is -0.505. The molecule has 0 unspecified atom stereocenters. The molecule has 1 amide bonds. The first-order valence-corrected chi connectivity index (χ1v) is 8.18. The maximum atomic E-state index is 13.7. The molecule has 2 aromatic rings. The van der Waals surface area contributed by atoms with E-state index in [4.69, 9.17) is 18.9 Å². The first-order chi connectivity index (χ1) is 13.0. The van der Waals surface area contributed by atoms with Crippen LogP contribution in [0.4, 0.5) is 10.1 Å². The normalized spacial score (nSPS) is 13.0. The number of halogens is 1. The van der Waals surface area contributed by atoms with Crippen molar-refractivity contribution in [3.05, 3.63) is 47.8 Å². The van der Waals surface area contributed by atoms with Crippen LogP contribution in [0.15, 0.2) is 36.4 Å². The molecule has 3 rings (SSSR count). The van der Waals surface area contributed by atoms with Gasteiger partial charge in [0.05, 0.1) is 13.5 Å². The van der Waals surface area contributed by atoms with Gasteiger partial charge in [0.15, 0.2) is 29.2 Å². The lowest BCUT2D eigenvalue weighted by Gasteiger charge is -2.14. The first-order valence-electron chi connectivity index (χ1n) is 8.18. The van der Waals surface area contributed by atoms with Crippen molar-refractivity contribution in [2.24, 2.45) is 0 Å². The zero-order chi connectivity index (χ0) is 19.4. The topological polar surface area (TPSA) is 83.1 Å². The molecule has 7 nitrogen and oxygen atoms in total. The van der Waals surface area contributed by atoms with Gasteiger partial charge in [-0.1, -0.05) is 6.07 Å². The van der Waals surface area contributed by atoms with Crippen LogP contribution >= 0.6 is 0 Å². The molecule has 1 atom stereocenters. The third-order valence-corrected chi connectivity index (χ3v) is 3.88. The van der Waals surface area contributed by atoms with E-state index in [9.17, 15) is 14.0 Å². The molecule has 0 saturated carbocycles. The van der Waals surface area contributed by atoms with Crippen LogP contribution in [0.2, 0.25) is 0 Å². The van der Waals surface area contributed by atoms with Crippen molar-refractivity contribution >= 4 is 17.6 Å². The minimum atomic E-state index is -1.02. The zero-order valence-electron chi connectivity index (χ0n) is 14.8. The molecule has 2 aromatic carbocycles. The maximum absolute atomic E-state index is 13.7. The minimum Gasteiger partial charge on any atom is -0.494 e. The fraction of sp³-hybridized carbons (Fsp3) is 0.263. The molecule has 142 valence electrons. The molecule has 27 heavy (non-hydrogen) atoms. The number of methoxy groups -OCH3 is 1. The van der Waals surface area contributed by atoms with Gasteiger partial charge in [0.2, 0.25) is 6.79 Å². The quantitative estimate of drug-likeness (QED) is 0.782. The van der Waals surface area contributed by atoms with Gasteiger partial charge in [-0.15, -0.1) is 0 Å². The molecule has 0 fully saturated rings. The van der Waals surface area contributed by atoms with E-state index in [1.165, 1.54) is 26.2 Å². The Bertz CT molecular complexity index is 869. The smallest absolute Gasteiger partial charge is 0.311 e. The highest BCUT2D eigenvalue weighted by Crippen LogP contribution is 2.34. The Morgan fingerprint density at radius 3 is 2.70 bits per heavy atom. The van der Waals surface area contributed by atoms with Gasteiger partial charge >= 0.3 is 5.97 Å². The standard InChI is InChI=1S/C19H18FNO6/c1-11(19(23)21-13-4-6-16-17(9-13)26-10-25-16)27-18(22)8-12-3-5-15(24-2)14(20)7-12/h3-7,9,11H,8,10H2,1-2H3,(H,21,23)/t11-/m0/s1. The lowest BCUT2D eigenvalue weighted by Crippen LogP contribution is -2.30. The van der Waals surface area contributed by atoms with E-state index < -0.39 is 23.8 Å². The predicted molar refractivity (Wildman–Crippen MR) is 93.4 cm³/mol. The maximum Gasteiger partial charge on any atom is 0.311 e. The van der Waals surface area contributed by atoms with Gasteiger partial charge in [0, 0.05) is 11.8 Å². The van der Waals surface area contributed by atoms with Crippen LogP contribution in [0.1, 0.15) is 12.5 Å². The molecule has 1 aliphatic heterocycles. The number of amides is 1. The van der Waals surface area contributed by atoms with Crippen LogP contribution in [0.3, 0.4) is 0 Å². The zero-order valence-corrected chi connectivity index (χ0v) is 14.8. The van der Waals surface area contributed by atoms with Crippen LogP contribution in [-0.4, -0.2) is 31.9 Å². The summed E-state index contributed by atoms with van der Waals surface area (Å²) in [4.78, 5) is 24.2. The lowest BCUT2D eigenvalue weighted by atomic mass is 10.1. The minimum absolute atomic E-state index is 0.0867. The number of nitrogens with one attached hydrogen (secondary N) is 1. The summed E-state index contributed by atoms with van der Waals surface area (Å²) in [5.41, 5.74) is 0.908. The molecule has 0 aromatic heterocycles. The van der Waals surface area contributed by atoms with Crippen molar-refractivity contribution in [3.8, 4) is 17.2 Å². The fourth-order valence-corrected chi connectivity index (χ4v) is 2.50. The Morgan fingerprint density at radius 2 is 1.96 bits per heavy atom. The monoisotopic (exact) mass is 375 g/mol. The summed E-state index contributed by atoms with van der Waals surface area (Å²) in [5, 5.41) is 2.64. The van der Waals surface area contributed by atoms with Gasteiger partial charge in [-0.3, -0.25) is 9.59 Å². The number of anilines is 1. The van der Waals surface area contributed by atoms with Gasteiger partial charge < -0.3 is 24.3 Å². The van der Waals surface area contributed by atoms with Crippen molar-refractivity contribution in [2.45, 2.75) is 19.4 Å². The van der Waals surface area contributed by atoms with E-state index in [-0.39, 0.29) is 19.0 Å². The molecule has 1 aliphatic rings. The summed E-state index contributed by atoms with van der Waals surface area (Å²) in [6.45, 7) is 1.58. The Labute approximate surface area is 155 Å². The molecular formula is C19H18FNO6. The lowest BCUT2D eigenvalue weighted by molar-refractivity contribution is -0.152. The van der Waals surface area contributed by atoms with Gasteiger partial charge in [0.25, 0.3) is 5.91 Å². The number of carbonyl (C=O) groups excluding carboxylic acids is 2. The molecule has 0 saturated heterocycles. The van der Waals surface area contributed by atoms with Crippen LogP contribution < -0.4 is 19.5 Å². The number of ether oxygens (including phenoxy) is 4. The third kappa shape index (κ3) is 4.46. The highest BCUT2D eigenvalue weighted by atomic mass is 19.1. The van der Waals surface area contributed by atoms with E-state index in [1.807, 2.05) is 0 Å². The second-order valence-corrected chi connectivity index (χ2v) is 5.84. The Morgan fingerprint density at radius 1 is 1.19 bits per heavy atom. The first kappa shape index (κ1) is 18.5. The van der Waals surface area contributed by atoms with E-state index in [0.717, 1.165) is 0 Å². The second kappa shape index (κ2) is 7.94. The van der Waals surface area contributed by atoms with Crippen LogP contribution in [0.25, 0.3) is 0 Å². The Kier molecular flexibility index (Phi) is 5.44. The van der Waals surface area contributed by atoms with E-state index in [1.54, 1.807) is 24.3 Å². The van der Waals surface area contributed by atoms with Crippen LogP contribution in [0, 0.1) is 5.82 Å². The second-order valence-electron chi connectivity index (χ2n) is 5.84. The number of rotatable bonds is 6. The van der Waals surface area contributed by atoms with E-state index >= 15 is 0 Å². The Hall–Kier alpha value is -3.29. The van der Waals surface area contributed by atoms with Crippen LogP contribution in [-0.2, 0) is 20.7 Å². The summed E-state index contributed by atoms with van der Waals surface area (Å²) in [6.07, 6.45) is -1.19. The molecular weight excluding hydrogens is 357 g/mol. The largest absolute Gasteiger partial charge is 0.494 e. The molecule has 0 radical (unpaired) electrons. The van der Waals surface area contributed by atoms with Crippen molar-refractivity contribution < 1.29 is 32.9 Å². The number of fused-ring (bicyclic) bond motifs is 1. The molecule has 8 heteroatoms. The van der Waals surface area contributed by atoms with Crippen molar-refractivity contribution in [2.75, 3.05) is 19.2 Å². The van der Waals surface area contributed by atoms with Gasteiger partial charge in [-0.25, -0.2) is 4.39 Å². The molecule has 1 heterocycles. The number of benzene rings is 2. The van der Waals surface area contributed by atoms with Gasteiger partial charge in [-0.2, -0.15) is 0 Å². The predicted octanol–water partition coefficient (Wildman–Crippen LogP) is 2.68. The molecule has 0 aliphatic carbocycles. The van der Waals surface area contributed by atoms with Crippen molar-refractivity contribution in [3.63, 3.8) is 0 Å². The number of hydrogen-bond acceptors (Lipinski definition) is 6. The third-order valence-electron chi connectivity index (χ3n) is 3.88. The Balaban J connectivity index is 1.54. The number of esters is 1. The van der Waals surface area contributed by atoms with Gasteiger partial charge in [-0.05, 0) is 36.8 Å². The average Bonchev–Trinajstić information content (AvgIpc) is 3.09. The molecule has 0 spiro atoms.